The maximum Gasteiger partial charge on any atom is 0.293 e. The fourth-order valence-electron chi connectivity index (χ4n) is 3.24. The smallest absolute Gasteiger partial charge is 0.293 e. The maximum absolute atomic E-state index is 11.4. The van der Waals surface area contributed by atoms with Gasteiger partial charge in [-0.15, -0.1) is 0 Å². The predicted octanol–water partition coefficient (Wildman–Crippen LogP) is 3.26. The Labute approximate surface area is 158 Å². The van der Waals surface area contributed by atoms with Crippen LogP contribution in [0.15, 0.2) is 42.5 Å². The first kappa shape index (κ1) is 18.8. The highest BCUT2D eigenvalue weighted by molar-refractivity contribution is 5.64. The molecule has 140 valence electrons. The van der Waals surface area contributed by atoms with Crippen LogP contribution >= 0.6 is 0 Å². The molecule has 1 aliphatic rings. The molecule has 0 bridgehead atoms. The molecular weight excluding hydrogens is 344 g/mol. The monoisotopic (exact) mass is 366 g/mol. The van der Waals surface area contributed by atoms with E-state index in [0.29, 0.717) is 25.4 Å². The number of aryl methyl sites for hydroxylation is 1. The second-order valence-corrected chi connectivity index (χ2v) is 6.56. The Balaban J connectivity index is 1.83. The maximum atomic E-state index is 11.4. The molecule has 1 atom stereocenters. The number of nitro benzene ring substituents is 1. The highest BCUT2D eigenvalue weighted by Gasteiger charge is 2.24. The first-order valence-corrected chi connectivity index (χ1v) is 8.89. The lowest BCUT2D eigenvalue weighted by molar-refractivity contribution is -0.384. The van der Waals surface area contributed by atoms with Gasteiger partial charge in [0, 0.05) is 25.7 Å². The predicted molar refractivity (Wildman–Crippen MR) is 103 cm³/mol. The highest BCUT2D eigenvalue weighted by atomic mass is 16.6. The van der Waals surface area contributed by atoms with Gasteiger partial charge in [0.05, 0.1) is 35.8 Å². The van der Waals surface area contributed by atoms with Gasteiger partial charge in [-0.25, -0.2) is 0 Å². The molecule has 7 nitrogen and oxygen atoms in total. The summed E-state index contributed by atoms with van der Waals surface area (Å²) >= 11 is 0. The molecule has 1 N–H and O–H groups in total. The summed E-state index contributed by atoms with van der Waals surface area (Å²) in [6, 6.07) is 14.9. The molecule has 27 heavy (non-hydrogen) atoms. The van der Waals surface area contributed by atoms with Crippen molar-refractivity contribution in [2.24, 2.45) is 0 Å². The molecule has 1 fully saturated rings. The summed E-state index contributed by atoms with van der Waals surface area (Å²) in [6.07, 6.45) is 0. The lowest BCUT2D eigenvalue weighted by Crippen LogP contribution is -2.41. The van der Waals surface area contributed by atoms with E-state index < -0.39 is 4.92 Å². The zero-order valence-corrected chi connectivity index (χ0v) is 15.2. The van der Waals surface area contributed by atoms with Gasteiger partial charge in [-0.05, 0) is 24.6 Å². The summed E-state index contributed by atoms with van der Waals surface area (Å²) in [5.74, 6) is 0. The Morgan fingerprint density at radius 2 is 1.96 bits per heavy atom. The second kappa shape index (κ2) is 8.62. The molecule has 0 radical (unpaired) electrons. The quantitative estimate of drug-likeness (QED) is 0.623. The van der Waals surface area contributed by atoms with Gasteiger partial charge < -0.3 is 10.1 Å². The van der Waals surface area contributed by atoms with Crippen molar-refractivity contribution in [1.82, 2.24) is 4.90 Å². The van der Waals surface area contributed by atoms with Gasteiger partial charge in [-0.2, -0.15) is 5.26 Å². The first-order chi connectivity index (χ1) is 13.1. The fourth-order valence-corrected chi connectivity index (χ4v) is 3.24. The average molecular weight is 366 g/mol. The number of benzene rings is 2. The normalized spacial score (nSPS) is 15.7. The van der Waals surface area contributed by atoms with E-state index in [1.54, 1.807) is 12.1 Å². The molecule has 1 heterocycles. The van der Waals surface area contributed by atoms with E-state index in [9.17, 15) is 10.1 Å². The van der Waals surface area contributed by atoms with E-state index in [-0.39, 0.29) is 17.3 Å². The van der Waals surface area contributed by atoms with Gasteiger partial charge in [0.25, 0.3) is 5.69 Å². The van der Waals surface area contributed by atoms with Crippen molar-refractivity contribution in [3.8, 4) is 6.07 Å². The van der Waals surface area contributed by atoms with Crippen LogP contribution in [0.4, 0.5) is 11.4 Å². The number of nitriles is 1. The fraction of sp³-hybridized carbons (Fsp3) is 0.350. The zero-order valence-electron chi connectivity index (χ0n) is 15.2. The molecule has 2 aromatic carbocycles. The SMILES string of the molecule is Cc1ccc(C(CNc2ccc(C#N)cc2[N+](=O)[O-])N2CCOCC2)cc1. The summed E-state index contributed by atoms with van der Waals surface area (Å²) in [5, 5.41) is 23.6. The molecule has 1 aliphatic heterocycles. The first-order valence-electron chi connectivity index (χ1n) is 8.89. The van der Waals surface area contributed by atoms with Gasteiger partial charge in [-0.1, -0.05) is 29.8 Å². The number of nitrogens with zero attached hydrogens (tertiary/aromatic N) is 3. The van der Waals surface area contributed by atoms with E-state index >= 15 is 0 Å². The minimum Gasteiger partial charge on any atom is -0.379 e. The standard InChI is InChI=1S/C20H22N4O3/c1-15-2-5-17(6-3-15)20(23-8-10-27-11-9-23)14-22-18-7-4-16(13-21)12-19(18)24(25)26/h2-7,12,20,22H,8-11,14H2,1H3. The Bertz CT molecular complexity index is 839. The molecule has 0 aliphatic carbocycles. The van der Waals surface area contributed by atoms with E-state index in [0.717, 1.165) is 18.7 Å². The van der Waals surface area contributed by atoms with Crippen molar-refractivity contribution in [1.29, 1.82) is 5.26 Å². The van der Waals surface area contributed by atoms with Crippen molar-refractivity contribution < 1.29 is 9.66 Å². The molecule has 0 spiro atoms. The third-order valence-electron chi connectivity index (χ3n) is 4.76. The van der Waals surface area contributed by atoms with Crippen LogP contribution in [0.25, 0.3) is 0 Å². The van der Waals surface area contributed by atoms with Gasteiger partial charge in [0.2, 0.25) is 0 Å². The average Bonchev–Trinajstić information content (AvgIpc) is 2.70. The molecule has 0 aromatic heterocycles. The summed E-state index contributed by atoms with van der Waals surface area (Å²) < 4.78 is 5.46. The number of ether oxygens (including phenoxy) is 1. The van der Waals surface area contributed by atoms with Gasteiger partial charge in [-0.3, -0.25) is 15.0 Å². The van der Waals surface area contributed by atoms with Crippen molar-refractivity contribution >= 4 is 11.4 Å². The summed E-state index contributed by atoms with van der Waals surface area (Å²) in [5.41, 5.74) is 2.96. The van der Waals surface area contributed by atoms with E-state index in [1.165, 1.54) is 11.6 Å². The molecular formula is C20H22N4O3. The zero-order chi connectivity index (χ0) is 19.2. The number of nitro groups is 1. The van der Waals surface area contributed by atoms with Crippen LogP contribution in [0.5, 0.6) is 0 Å². The Kier molecular flexibility index (Phi) is 6.01. The van der Waals surface area contributed by atoms with Gasteiger partial charge in [0.15, 0.2) is 0 Å². The van der Waals surface area contributed by atoms with Crippen LogP contribution in [-0.4, -0.2) is 42.7 Å². The Hall–Kier alpha value is -2.95. The van der Waals surface area contributed by atoms with Crippen LogP contribution in [0, 0.1) is 28.4 Å². The summed E-state index contributed by atoms with van der Waals surface area (Å²) in [7, 11) is 0. The number of nitrogens with one attached hydrogen (secondary N) is 1. The van der Waals surface area contributed by atoms with E-state index in [1.807, 2.05) is 13.0 Å². The van der Waals surface area contributed by atoms with Crippen LogP contribution in [-0.2, 0) is 4.74 Å². The molecule has 2 aromatic rings. The van der Waals surface area contributed by atoms with Crippen LogP contribution in [0.3, 0.4) is 0 Å². The van der Waals surface area contributed by atoms with Crippen molar-refractivity contribution in [3.63, 3.8) is 0 Å². The number of rotatable bonds is 6. The Morgan fingerprint density at radius 1 is 1.26 bits per heavy atom. The molecule has 3 rings (SSSR count). The van der Waals surface area contributed by atoms with Gasteiger partial charge >= 0.3 is 0 Å². The van der Waals surface area contributed by atoms with Crippen LogP contribution in [0.1, 0.15) is 22.7 Å². The number of morpholine rings is 1. The Morgan fingerprint density at radius 3 is 2.59 bits per heavy atom. The van der Waals surface area contributed by atoms with Crippen LogP contribution < -0.4 is 5.32 Å². The number of anilines is 1. The lowest BCUT2D eigenvalue weighted by Gasteiger charge is -2.35. The van der Waals surface area contributed by atoms with Crippen molar-refractivity contribution in [3.05, 3.63) is 69.3 Å². The minimum atomic E-state index is -0.460. The number of hydrogen-bond acceptors (Lipinski definition) is 6. The molecule has 0 saturated carbocycles. The lowest BCUT2D eigenvalue weighted by atomic mass is 10.0. The van der Waals surface area contributed by atoms with Gasteiger partial charge in [0.1, 0.15) is 5.69 Å². The summed E-state index contributed by atoms with van der Waals surface area (Å²) in [6.45, 7) is 5.56. The summed E-state index contributed by atoms with van der Waals surface area (Å²) in [4.78, 5) is 13.2. The van der Waals surface area contributed by atoms with E-state index in [4.69, 9.17) is 10.00 Å². The molecule has 7 heteroatoms. The van der Waals surface area contributed by atoms with Crippen LogP contribution in [0.2, 0.25) is 0 Å². The second-order valence-electron chi connectivity index (χ2n) is 6.56. The minimum absolute atomic E-state index is 0.0738. The largest absolute Gasteiger partial charge is 0.379 e. The third-order valence-corrected chi connectivity index (χ3v) is 4.76. The molecule has 1 saturated heterocycles. The highest BCUT2D eigenvalue weighted by Crippen LogP contribution is 2.28. The molecule has 0 amide bonds. The molecule has 1 unspecified atom stereocenters. The van der Waals surface area contributed by atoms with Crippen molar-refractivity contribution in [2.45, 2.75) is 13.0 Å². The third kappa shape index (κ3) is 4.61. The van der Waals surface area contributed by atoms with Crippen molar-refractivity contribution in [2.75, 3.05) is 38.2 Å². The number of hydrogen-bond donors (Lipinski definition) is 1. The topological polar surface area (TPSA) is 91.4 Å². The van der Waals surface area contributed by atoms with E-state index in [2.05, 4.69) is 34.5 Å².